The molecular formula is C13H17N. The summed E-state index contributed by atoms with van der Waals surface area (Å²) < 4.78 is 0. The monoisotopic (exact) mass is 187 g/mol. The molecule has 74 valence electrons. The Kier molecular flexibility index (Phi) is 1.72. The van der Waals surface area contributed by atoms with Crippen molar-refractivity contribution < 1.29 is 0 Å². The Bertz CT molecular complexity index is 326. The fraction of sp³-hybridized carbons (Fsp3) is 0.538. The van der Waals surface area contributed by atoms with E-state index >= 15 is 0 Å². The number of nitrogens with two attached hydrogens (primary N) is 1. The molecule has 0 bridgehead atoms. The predicted octanol–water partition coefficient (Wildman–Crippen LogP) is 2.67. The highest BCUT2D eigenvalue weighted by Gasteiger charge is 2.51. The summed E-state index contributed by atoms with van der Waals surface area (Å²) in [5.74, 6) is 0.624. The molecular weight excluding hydrogens is 170 g/mol. The van der Waals surface area contributed by atoms with Gasteiger partial charge in [0.1, 0.15) is 0 Å². The van der Waals surface area contributed by atoms with Gasteiger partial charge in [0.2, 0.25) is 0 Å². The van der Waals surface area contributed by atoms with Crippen LogP contribution in [0.5, 0.6) is 0 Å². The summed E-state index contributed by atoms with van der Waals surface area (Å²) in [5.41, 5.74) is 8.34. The van der Waals surface area contributed by atoms with Crippen LogP contribution in [0.25, 0.3) is 0 Å². The van der Waals surface area contributed by atoms with Crippen molar-refractivity contribution in [3.63, 3.8) is 0 Å². The van der Waals surface area contributed by atoms with Gasteiger partial charge in [-0.2, -0.15) is 0 Å². The molecule has 0 radical (unpaired) electrons. The van der Waals surface area contributed by atoms with Crippen molar-refractivity contribution in [1.82, 2.24) is 0 Å². The number of benzene rings is 1. The molecule has 1 spiro atoms. The van der Waals surface area contributed by atoms with Crippen LogP contribution in [0.2, 0.25) is 0 Å². The third-order valence-electron chi connectivity index (χ3n) is 4.02. The van der Waals surface area contributed by atoms with Gasteiger partial charge in [-0.05, 0) is 42.6 Å². The molecule has 1 aromatic rings. The smallest absolute Gasteiger partial charge is 0.0113 e. The van der Waals surface area contributed by atoms with Crippen LogP contribution in [0.1, 0.15) is 37.2 Å². The summed E-state index contributed by atoms with van der Waals surface area (Å²) in [6, 6.07) is 11.2. The SMILES string of the molecule is N[C@H]1CC2(CC2)CC1c1ccccc1. The minimum Gasteiger partial charge on any atom is -0.327 e. The van der Waals surface area contributed by atoms with Crippen molar-refractivity contribution in [2.24, 2.45) is 11.1 Å². The lowest BCUT2D eigenvalue weighted by molar-refractivity contribution is 0.520. The molecule has 0 aromatic heterocycles. The maximum Gasteiger partial charge on any atom is 0.0113 e. The van der Waals surface area contributed by atoms with Crippen LogP contribution in [0, 0.1) is 5.41 Å². The van der Waals surface area contributed by atoms with Gasteiger partial charge in [0, 0.05) is 6.04 Å². The molecule has 3 rings (SSSR count). The van der Waals surface area contributed by atoms with Crippen LogP contribution >= 0.6 is 0 Å². The highest BCUT2D eigenvalue weighted by molar-refractivity contribution is 5.25. The molecule has 1 aromatic carbocycles. The molecule has 0 amide bonds. The molecule has 0 heterocycles. The first-order valence-electron chi connectivity index (χ1n) is 5.60. The van der Waals surface area contributed by atoms with Gasteiger partial charge in [0.25, 0.3) is 0 Å². The first-order chi connectivity index (χ1) is 6.79. The second kappa shape index (κ2) is 2.83. The zero-order chi connectivity index (χ0) is 9.60. The van der Waals surface area contributed by atoms with Crippen LogP contribution < -0.4 is 5.73 Å². The summed E-state index contributed by atoms with van der Waals surface area (Å²) in [5, 5.41) is 0. The third kappa shape index (κ3) is 1.27. The minimum atomic E-state index is 0.403. The van der Waals surface area contributed by atoms with E-state index in [0.717, 1.165) is 0 Å². The maximum absolute atomic E-state index is 6.23. The van der Waals surface area contributed by atoms with Gasteiger partial charge in [-0.25, -0.2) is 0 Å². The molecule has 0 aliphatic heterocycles. The molecule has 14 heavy (non-hydrogen) atoms. The Labute approximate surface area is 85.3 Å². The lowest BCUT2D eigenvalue weighted by atomic mass is 9.94. The van der Waals surface area contributed by atoms with Gasteiger partial charge < -0.3 is 5.73 Å². The topological polar surface area (TPSA) is 26.0 Å². The summed E-state index contributed by atoms with van der Waals surface area (Å²) in [4.78, 5) is 0. The predicted molar refractivity (Wildman–Crippen MR) is 58.1 cm³/mol. The fourth-order valence-electron chi connectivity index (χ4n) is 2.99. The molecule has 1 heteroatoms. The average molecular weight is 187 g/mol. The van der Waals surface area contributed by atoms with Crippen molar-refractivity contribution in [3.05, 3.63) is 35.9 Å². The van der Waals surface area contributed by atoms with Gasteiger partial charge in [-0.1, -0.05) is 30.3 Å². The Morgan fingerprint density at radius 1 is 1.07 bits per heavy atom. The van der Waals surface area contributed by atoms with E-state index in [2.05, 4.69) is 30.3 Å². The van der Waals surface area contributed by atoms with Crippen molar-refractivity contribution in [2.45, 2.75) is 37.6 Å². The number of rotatable bonds is 1. The van der Waals surface area contributed by atoms with Crippen molar-refractivity contribution in [3.8, 4) is 0 Å². The minimum absolute atomic E-state index is 0.403. The Balaban J connectivity index is 1.86. The van der Waals surface area contributed by atoms with E-state index in [0.29, 0.717) is 17.4 Å². The molecule has 1 nitrogen and oxygen atoms in total. The standard InChI is InChI=1S/C13H17N/c14-12-9-13(6-7-13)8-11(12)10-4-2-1-3-5-10/h1-5,11-12H,6-9,14H2/t11?,12-/m0/s1. The summed E-state index contributed by atoms with van der Waals surface area (Å²) in [6.07, 6.45) is 5.43. The molecule has 0 saturated heterocycles. The highest BCUT2D eigenvalue weighted by atomic mass is 14.7. The lowest BCUT2D eigenvalue weighted by Crippen LogP contribution is -2.22. The first-order valence-corrected chi connectivity index (χ1v) is 5.60. The van der Waals surface area contributed by atoms with Crippen LogP contribution in [0.15, 0.2) is 30.3 Å². The Morgan fingerprint density at radius 3 is 2.36 bits per heavy atom. The molecule has 1 unspecified atom stereocenters. The van der Waals surface area contributed by atoms with E-state index in [1.807, 2.05) is 0 Å². The second-order valence-electron chi connectivity index (χ2n) is 5.09. The molecule has 2 atom stereocenters. The zero-order valence-corrected chi connectivity index (χ0v) is 8.45. The van der Waals surface area contributed by atoms with Gasteiger partial charge in [-0.15, -0.1) is 0 Å². The maximum atomic E-state index is 6.23. The van der Waals surface area contributed by atoms with Crippen molar-refractivity contribution >= 4 is 0 Å². The van der Waals surface area contributed by atoms with Crippen molar-refractivity contribution in [1.29, 1.82) is 0 Å². The first kappa shape index (κ1) is 8.49. The molecule has 2 N–H and O–H groups in total. The Morgan fingerprint density at radius 2 is 1.79 bits per heavy atom. The van der Waals surface area contributed by atoms with E-state index in [1.165, 1.54) is 31.2 Å². The normalized spacial score (nSPS) is 33.5. The zero-order valence-electron chi connectivity index (χ0n) is 8.45. The van der Waals surface area contributed by atoms with Crippen LogP contribution in [-0.2, 0) is 0 Å². The Hall–Kier alpha value is -0.820. The van der Waals surface area contributed by atoms with Crippen LogP contribution in [-0.4, -0.2) is 6.04 Å². The van der Waals surface area contributed by atoms with Crippen LogP contribution in [0.3, 0.4) is 0 Å². The van der Waals surface area contributed by atoms with Crippen molar-refractivity contribution in [2.75, 3.05) is 0 Å². The van der Waals surface area contributed by atoms with Gasteiger partial charge >= 0.3 is 0 Å². The summed E-state index contributed by atoms with van der Waals surface area (Å²) in [7, 11) is 0. The van der Waals surface area contributed by atoms with E-state index in [-0.39, 0.29) is 0 Å². The van der Waals surface area contributed by atoms with Gasteiger partial charge in [0.15, 0.2) is 0 Å². The average Bonchev–Trinajstić information content (AvgIpc) is 2.86. The van der Waals surface area contributed by atoms with E-state index < -0.39 is 0 Å². The fourth-order valence-corrected chi connectivity index (χ4v) is 2.99. The molecule has 2 aliphatic carbocycles. The van der Waals surface area contributed by atoms with Gasteiger partial charge in [-0.3, -0.25) is 0 Å². The summed E-state index contributed by atoms with van der Waals surface area (Å²) >= 11 is 0. The third-order valence-corrected chi connectivity index (χ3v) is 4.02. The van der Waals surface area contributed by atoms with E-state index in [1.54, 1.807) is 0 Å². The molecule has 2 saturated carbocycles. The second-order valence-corrected chi connectivity index (χ2v) is 5.09. The quantitative estimate of drug-likeness (QED) is 0.718. The lowest BCUT2D eigenvalue weighted by Gasteiger charge is -2.14. The summed E-state index contributed by atoms with van der Waals surface area (Å²) in [6.45, 7) is 0. The number of hydrogen-bond acceptors (Lipinski definition) is 1. The van der Waals surface area contributed by atoms with E-state index in [4.69, 9.17) is 5.73 Å². The van der Waals surface area contributed by atoms with Crippen LogP contribution in [0.4, 0.5) is 0 Å². The highest BCUT2D eigenvalue weighted by Crippen LogP contribution is 2.61. The molecule has 2 aliphatic rings. The largest absolute Gasteiger partial charge is 0.327 e. The molecule has 2 fully saturated rings. The number of hydrogen-bond donors (Lipinski definition) is 1. The van der Waals surface area contributed by atoms with E-state index in [9.17, 15) is 0 Å². The van der Waals surface area contributed by atoms with Gasteiger partial charge in [0.05, 0.1) is 0 Å².